The molecule has 0 radical (unpaired) electrons. The summed E-state index contributed by atoms with van der Waals surface area (Å²) >= 11 is 0. The van der Waals surface area contributed by atoms with Gasteiger partial charge in [0.25, 0.3) is 0 Å². The highest BCUT2D eigenvalue weighted by molar-refractivity contribution is 5.81. The summed E-state index contributed by atoms with van der Waals surface area (Å²) in [6.45, 7) is 17.1. The maximum absolute atomic E-state index is 12.8. The molecule has 238 valence electrons. The Morgan fingerprint density at radius 3 is 1.86 bits per heavy atom. The summed E-state index contributed by atoms with van der Waals surface area (Å²) in [4.78, 5) is 50.0. The summed E-state index contributed by atoms with van der Waals surface area (Å²) in [5.74, 6) is -1.18. The zero-order valence-corrected chi connectivity index (χ0v) is 26.8. The molecule has 2 N–H and O–H groups in total. The molecule has 0 spiro atoms. The van der Waals surface area contributed by atoms with Crippen LogP contribution in [0.1, 0.15) is 87.1 Å². The van der Waals surface area contributed by atoms with E-state index in [1.807, 2.05) is 55.4 Å². The van der Waals surface area contributed by atoms with E-state index in [0.717, 1.165) is 6.42 Å². The summed E-state index contributed by atoms with van der Waals surface area (Å²) in [5, 5.41) is 0. The number of benzene rings is 1. The van der Waals surface area contributed by atoms with Gasteiger partial charge in [-0.2, -0.15) is 0 Å². The molecule has 1 aromatic carbocycles. The van der Waals surface area contributed by atoms with Crippen LogP contribution in [0.25, 0.3) is 0 Å². The molecule has 0 saturated heterocycles. The van der Waals surface area contributed by atoms with Crippen molar-refractivity contribution in [2.45, 2.75) is 99.6 Å². The fourth-order valence-corrected chi connectivity index (χ4v) is 3.67. The second kappa shape index (κ2) is 15.8. The van der Waals surface area contributed by atoms with E-state index in [4.69, 9.17) is 34.2 Å². The molecule has 1 aromatic rings. The Kier molecular flexibility index (Phi) is 13.8. The zero-order valence-electron chi connectivity index (χ0n) is 26.8. The van der Waals surface area contributed by atoms with E-state index in [1.165, 1.54) is 19.2 Å². The number of nitrogens with two attached hydrogens (primary N) is 1. The molecule has 11 heteroatoms. The smallest absolute Gasteiger partial charge is 0.468 e. The number of ether oxygens (including phenoxy) is 6. The number of rotatable bonds is 13. The van der Waals surface area contributed by atoms with Crippen LogP contribution in [0.4, 0.5) is 9.59 Å². The third-order valence-electron chi connectivity index (χ3n) is 5.95. The van der Waals surface area contributed by atoms with Gasteiger partial charge in [-0.05, 0) is 41.4 Å². The van der Waals surface area contributed by atoms with Gasteiger partial charge < -0.3 is 34.2 Å². The van der Waals surface area contributed by atoms with Gasteiger partial charge >= 0.3 is 24.2 Å². The topological polar surface area (TPSA) is 150 Å². The fourth-order valence-electron chi connectivity index (χ4n) is 3.67. The quantitative estimate of drug-likeness (QED) is 0.163. The average molecular weight is 596 g/mol. The molecule has 0 aromatic heterocycles. The standard InChI is InChI=1S/C31H49NO10/c1-11-20(2)14-25(33)40-21(3)16-31(32,26(34)37-10)17-22-12-13-23(41-27(35)38-18-29(4,5)6)24(15-22)42-28(36)39-19-30(7,8)9/h12-13,15,20-21H,11,14,16-19,32H2,1-10H3/t20?,21-,31?/m0/s1. The van der Waals surface area contributed by atoms with Crippen molar-refractivity contribution in [2.75, 3.05) is 20.3 Å². The molecule has 42 heavy (non-hydrogen) atoms. The first kappa shape index (κ1) is 36.7. The molecule has 0 aliphatic carbocycles. The predicted octanol–water partition coefficient (Wildman–Crippen LogP) is 5.98. The Labute approximate surface area is 249 Å². The minimum Gasteiger partial charge on any atom is -0.468 e. The van der Waals surface area contributed by atoms with E-state index < -0.39 is 29.9 Å². The van der Waals surface area contributed by atoms with Crippen molar-refractivity contribution in [3.8, 4) is 11.5 Å². The van der Waals surface area contributed by atoms with Crippen molar-refractivity contribution in [1.29, 1.82) is 0 Å². The Balaban J connectivity index is 3.25. The monoisotopic (exact) mass is 595 g/mol. The average Bonchev–Trinajstić information content (AvgIpc) is 2.86. The number of hydrogen-bond acceptors (Lipinski definition) is 11. The largest absolute Gasteiger partial charge is 0.513 e. The summed E-state index contributed by atoms with van der Waals surface area (Å²) < 4.78 is 31.6. The van der Waals surface area contributed by atoms with Crippen LogP contribution in [0.3, 0.4) is 0 Å². The van der Waals surface area contributed by atoms with Crippen LogP contribution in [-0.2, 0) is 35.0 Å². The van der Waals surface area contributed by atoms with Crippen LogP contribution in [-0.4, -0.2) is 56.2 Å². The lowest BCUT2D eigenvalue weighted by molar-refractivity contribution is -0.155. The lowest BCUT2D eigenvalue weighted by Crippen LogP contribution is -2.53. The molecule has 0 saturated carbocycles. The van der Waals surface area contributed by atoms with Gasteiger partial charge in [0, 0.05) is 19.3 Å². The Morgan fingerprint density at radius 2 is 1.38 bits per heavy atom. The SMILES string of the molecule is CCC(C)CC(=O)O[C@@H](C)CC(N)(Cc1ccc(OC(=O)OCC(C)(C)C)c(OC(=O)OCC(C)(C)C)c1)C(=O)OC. The highest BCUT2D eigenvalue weighted by Gasteiger charge is 2.38. The second-order valence-corrected chi connectivity index (χ2v) is 13.2. The van der Waals surface area contributed by atoms with Crippen LogP contribution < -0.4 is 15.2 Å². The van der Waals surface area contributed by atoms with Gasteiger partial charge in [0.15, 0.2) is 11.5 Å². The van der Waals surface area contributed by atoms with Gasteiger partial charge in [-0.15, -0.1) is 0 Å². The Bertz CT molecular complexity index is 1070. The van der Waals surface area contributed by atoms with Crippen LogP contribution in [0, 0.1) is 16.7 Å². The summed E-state index contributed by atoms with van der Waals surface area (Å²) in [7, 11) is 1.21. The van der Waals surface area contributed by atoms with Crippen LogP contribution in [0.2, 0.25) is 0 Å². The summed E-state index contributed by atoms with van der Waals surface area (Å²) in [6.07, 6.45) is -1.71. The minimum atomic E-state index is -1.59. The van der Waals surface area contributed by atoms with Crippen molar-refractivity contribution < 1.29 is 47.6 Å². The fraction of sp³-hybridized carbons (Fsp3) is 0.677. The first-order valence-corrected chi connectivity index (χ1v) is 14.2. The van der Waals surface area contributed by atoms with E-state index in [9.17, 15) is 19.2 Å². The Hall–Kier alpha value is -3.34. The number of hydrogen-bond donors (Lipinski definition) is 1. The highest BCUT2D eigenvalue weighted by atomic mass is 16.7. The molecule has 0 amide bonds. The van der Waals surface area contributed by atoms with Crippen molar-refractivity contribution in [2.24, 2.45) is 22.5 Å². The molecule has 0 fully saturated rings. The molecular formula is C31H49NO10. The van der Waals surface area contributed by atoms with E-state index in [-0.39, 0.29) is 66.7 Å². The third kappa shape index (κ3) is 14.0. The molecule has 2 unspecified atom stereocenters. The predicted molar refractivity (Wildman–Crippen MR) is 156 cm³/mol. The molecule has 0 heterocycles. The van der Waals surface area contributed by atoms with Crippen molar-refractivity contribution in [3.05, 3.63) is 23.8 Å². The Morgan fingerprint density at radius 1 is 0.857 bits per heavy atom. The lowest BCUT2D eigenvalue weighted by atomic mass is 9.86. The lowest BCUT2D eigenvalue weighted by Gasteiger charge is -2.29. The first-order chi connectivity index (χ1) is 19.3. The summed E-state index contributed by atoms with van der Waals surface area (Å²) in [5.41, 5.74) is 4.78. The number of carbonyl (C=O) groups excluding carboxylic acids is 4. The zero-order chi connectivity index (χ0) is 32.3. The first-order valence-electron chi connectivity index (χ1n) is 14.2. The summed E-state index contributed by atoms with van der Waals surface area (Å²) in [6, 6.07) is 4.37. The van der Waals surface area contributed by atoms with E-state index in [2.05, 4.69) is 0 Å². The van der Waals surface area contributed by atoms with Crippen LogP contribution in [0.15, 0.2) is 18.2 Å². The van der Waals surface area contributed by atoms with Gasteiger partial charge in [-0.25, -0.2) is 9.59 Å². The minimum absolute atomic E-state index is 0.0346. The number of carbonyl (C=O) groups is 4. The van der Waals surface area contributed by atoms with Crippen LogP contribution >= 0.6 is 0 Å². The highest BCUT2D eigenvalue weighted by Crippen LogP contribution is 2.32. The maximum atomic E-state index is 12.8. The van der Waals surface area contributed by atoms with Crippen molar-refractivity contribution in [1.82, 2.24) is 0 Å². The van der Waals surface area contributed by atoms with Crippen LogP contribution in [0.5, 0.6) is 11.5 Å². The third-order valence-corrected chi connectivity index (χ3v) is 5.95. The molecular weight excluding hydrogens is 546 g/mol. The number of methoxy groups -OCH3 is 1. The molecule has 11 nitrogen and oxygen atoms in total. The van der Waals surface area contributed by atoms with Gasteiger partial charge in [-0.3, -0.25) is 9.59 Å². The normalized spacial score (nSPS) is 14.5. The van der Waals surface area contributed by atoms with E-state index in [1.54, 1.807) is 13.0 Å². The molecule has 0 aliphatic heterocycles. The van der Waals surface area contributed by atoms with Crippen molar-refractivity contribution >= 4 is 24.2 Å². The number of esters is 2. The molecule has 3 atom stereocenters. The molecule has 0 aliphatic rings. The second-order valence-electron chi connectivity index (χ2n) is 13.2. The van der Waals surface area contributed by atoms with Gasteiger partial charge in [-0.1, -0.05) is 67.9 Å². The molecule has 0 bridgehead atoms. The van der Waals surface area contributed by atoms with Gasteiger partial charge in [0.2, 0.25) is 0 Å². The van der Waals surface area contributed by atoms with Crippen molar-refractivity contribution in [3.63, 3.8) is 0 Å². The maximum Gasteiger partial charge on any atom is 0.513 e. The van der Waals surface area contributed by atoms with E-state index in [0.29, 0.717) is 5.56 Å². The van der Waals surface area contributed by atoms with Gasteiger partial charge in [0.05, 0.1) is 20.3 Å². The molecule has 1 rings (SSSR count). The van der Waals surface area contributed by atoms with Gasteiger partial charge in [0.1, 0.15) is 11.6 Å². The van der Waals surface area contributed by atoms with E-state index >= 15 is 0 Å².